The Morgan fingerprint density at radius 3 is 2.81 bits per heavy atom. The van der Waals surface area contributed by atoms with Crippen molar-refractivity contribution >= 4 is 17.6 Å². The van der Waals surface area contributed by atoms with Gasteiger partial charge in [-0.2, -0.15) is 0 Å². The molecule has 0 unspecified atom stereocenters. The van der Waals surface area contributed by atoms with E-state index in [-0.39, 0.29) is 0 Å². The van der Waals surface area contributed by atoms with E-state index in [9.17, 15) is 0 Å². The molecule has 0 aliphatic rings. The number of hydrogen-bond donors (Lipinski definition) is 2. The molecule has 0 fully saturated rings. The second-order valence-corrected chi connectivity index (χ2v) is 4.27. The largest absolute Gasteiger partial charge is 0.468 e. The quantitative estimate of drug-likeness (QED) is 0.483. The van der Waals surface area contributed by atoms with Gasteiger partial charge >= 0.3 is 0 Å². The average molecular weight is 236 g/mol. The van der Waals surface area contributed by atoms with E-state index < -0.39 is 0 Å². The molecular weight excluding hydrogens is 224 g/mol. The molecule has 0 spiro atoms. The number of nitrogens with one attached hydrogen (secondary N) is 1. The third-order valence-electron chi connectivity index (χ3n) is 2.19. The predicted octanol–water partition coefficient (Wildman–Crippen LogP) is 2.12. The first-order valence-electron chi connectivity index (χ1n) is 4.72. The zero-order chi connectivity index (χ0) is 11.5. The van der Waals surface area contributed by atoms with E-state index in [1.54, 1.807) is 6.26 Å². The molecule has 0 amide bonds. The fourth-order valence-electron chi connectivity index (χ4n) is 1.27. The molecular formula is C10H12N4OS. The highest BCUT2D eigenvalue weighted by atomic mass is 32.2. The van der Waals surface area contributed by atoms with Gasteiger partial charge in [-0.3, -0.25) is 0 Å². The predicted molar refractivity (Wildman–Crippen MR) is 62.1 cm³/mol. The van der Waals surface area contributed by atoms with Crippen LogP contribution >= 0.6 is 11.8 Å². The fourth-order valence-corrected chi connectivity index (χ4v) is 2.14. The molecule has 5 nitrogen and oxygen atoms in total. The number of furan rings is 1. The lowest BCUT2D eigenvalue weighted by atomic mass is 10.3. The van der Waals surface area contributed by atoms with Crippen LogP contribution in [0.4, 0.5) is 5.82 Å². The normalized spacial score (nSPS) is 10.4. The second-order valence-electron chi connectivity index (χ2n) is 3.24. The van der Waals surface area contributed by atoms with Crippen LogP contribution in [-0.4, -0.2) is 9.97 Å². The summed E-state index contributed by atoms with van der Waals surface area (Å²) in [6, 6.07) is 1.91. The van der Waals surface area contributed by atoms with E-state index in [4.69, 9.17) is 10.3 Å². The monoisotopic (exact) mass is 236 g/mol. The lowest BCUT2D eigenvalue weighted by molar-refractivity contribution is 0.527. The fraction of sp³-hybridized carbons (Fsp3) is 0.200. The molecule has 0 saturated heterocycles. The van der Waals surface area contributed by atoms with Crippen molar-refractivity contribution in [1.82, 2.24) is 9.97 Å². The minimum Gasteiger partial charge on any atom is -0.468 e. The van der Waals surface area contributed by atoms with Gasteiger partial charge < -0.3 is 9.84 Å². The summed E-state index contributed by atoms with van der Waals surface area (Å²) < 4.78 is 5.23. The van der Waals surface area contributed by atoms with Crippen molar-refractivity contribution in [2.45, 2.75) is 23.8 Å². The van der Waals surface area contributed by atoms with Crippen LogP contribution in [0.25, 0.3) is 0 Å². The standard InChI is InChI=1S/C10H12N4OS/c1-6-9(14-11)12-5-13-10(6)16-8-3-4-15-7(8)2/h3-5H,11H2,1-2H3,(H,12,13,14). The Hall–Kier alpha value is -1.53. The Kier molecular flexibility index (Phi) is 3.12. The summed E-state index contributed by atoms with van der Waals surface area (Å²) in [6.07, 6.45) is 3.15. The van der Waals surface area contributed by atoms with E-state index in [1.807, 2.05) is 19.9 Å². The third kappa shape index (κ3) is 2.02. The highest BCUT2D eigenvalue weighted by molar-refractivity contribution is 7.99. The van der Waals surface area contributed by atoms with E-state index in [0.717, 1.165) is 21.2 Å². The average Bonchev–Trinajstić information content (AvgIpc) is 2.68. The van der Waals surface area contributed by atoms with Gasteiger partial charge in [-0.05, 0) is 19.9 Å². The van der Waals surface area contributed by atoms with Gasteiger partial charge in [-0.25, -0.2) is 15.8 Å². The van der Waals surface area contributed by atoms with Crippen LogP contribution in [0.5, 0.6) is 0 Å². The number of rotatable bonds is 3. The van der Waals surface area contributed by atoms with E-state index in [1.165, 1.54) is 18.1 Å². The molecule has 3 N–H and O–H groups in total. The minimum absolute atomic E-state index is 0.638. The first-order chi connectivity index (χ1) is 7.72. The van der Waals surface area contributed by atoms with Crippen molar-refractivity contribution in [1.29, 1.82) is 0 Å². The topological polar surface area (TPSA) is 77.0 Å². The molecule has 0 bridgehead atoms. The number of nitrogens with zero attached hydrogens (tertiary/aromatic N) is 2. The van der Waals surface area contributed by atoms with Gasteiger partial charge in [-0.1, -0.05) is 11.8 Å². The number of hydrazine groups is 1. The van der Waals surface area contributed by atoms with E-state index in [2.05, 4.69) is 15.4 Å². The summed E-state index contributed by atoms with van der Waals surface area (Å²) in [5.74, 6) is 6.87. The molecule has 2 aromatic heterocycles. The molecule has 0 aromatic carbocycles. The Labute approximate surface area is 97.4 Å². The molecule has 2 rings (SSSR count). The molecule has 6 heteroatoms. The van der Waals surface area contributed by atoms with Gasteiger partial charge in [0.1, 0.15) is 22.9 Å². The van der Waals surface area contributed by atoms with Crippen molar-refractivity contribution in [3.63, 3.8) is 0 Å². The van der Waals surface area contributed by atoms with Crippen molar-refractivity contribution in [2.24, 2.45) is 5.84 Å². The minimum atomic E-state index is 0.638. The molecule has 16 heavy (non-hydrogen) atoms. The Morgan fingerprint density at radius 1 is 1.38 bits per heavy atom. The summed E-state index contributed by atoms with van der Waals surface area (Å²) in [5.41, 5.74) is 3.47. The van der Waals surface area contributed by atoms with Crippen molar-refractivity contribution in [2.75, 3.05) is 5.43 Å². The number of aromatic nitrogens is 2. The van der Waals surface area contributed by atoms with Crippen LogP contribution in [-0.2, 0) is 0 Å². The van der Waals surface area contributed by atoms with Crippen LogP contribution < -0.4 is 11.3 Å². The molecule has 84 valence electrons. The molecule has 0 aliphatic heterocycles. The zero-order valence-corrected chi connectivity index (χ0v) is 9.84. The van der Waals surface area contributed by atoms with E-state index >= 15 is 0 Å². The van der Waals surface area contributed by atoms with Crippen molar-refractivity contribution < 1.29 is 4.42 Å². The van der Waals surface area contributed by atoms with Gasteiger partial charge in [0.15, 0.2) is 0 Å². The smallest absolute Gasteiger partial charge is 0.147 e. The molecule has 0 aliphatic carbocycles. The first kappa shape index (κ1) is 11.0. The number of nitrogen functional groups attached to an aromatic ring is 1. The molecule has 0 atom stereocenters. The first-order valence-corrected chi connectivity index (χ1v) is 5.54. The summed E-state index contributed by atoms with van der Waals surface area (Å²) in [4.78, 5) is 9.29. The van der Waals surface area contributed by atoms with Crippen LogP contribution in [0.3, 0.4) is 0 Å². The number of aryl methyl sites for hydroxylation is 1. The highest BCUT2D eigenvalue weighted by Gasteiger charge is 2.10. The van der Waals surface area contributed by atoms with Crippen LogP contribution in [0.2, 0.25) is 0 Å². The lowest BCUT2D eigenvalue weighted by Crippen LogP contribution is -2.10. The van der Waals surface area contributed by atoms with Crippen LogP contribution in [0, 0.1) is 13.8 Å². The number of nitrogens with two attached hydrogens (primary N) is 1. The third-order valence-corrected chi connectivity index (χ3v) is 3.44. The summed E-state index contributed by atoms with van der Waals surface area (Å²) >= 11 is 1.54. The Bertz CT molecular complexity index is 497. The lowest BCUT2D eigenvalue weighted by Gasteiger charge is -2.07. The highest BCUT2D eigenvalue weighted by Crippen LogP contribution is 2.32. The SMILES string of the molecule is Cc1occc1Sc1ncnc(NN)c1C. The van der Waals surface area contributed by atoms with Gasteiger partial charge in [0.25, 0.3) is 0 Å². The molecule has 2 aromatic rings. The maximum Gasteiger partial charge on any atom is 0.147 e. The number of hydrogen-bond acceptors (Lipinski definition) is 6. The van der Waals surface area contributed by atoms with E-state index in [0.29, 0.717) is 5.82 Å². The molecule has 0 radical (unpaired) electrons. The van der Waals surface area contributed by atoms with Gasteiger partial charge in [-0.15, -0.1) is 0 Å². The maximum absolute atomic E-state index is 5.35. The number of anilines is 1. The maximum atomic E-state index is 5.35. The van der Waals surface area contributed by atoms with Gasteiger partial charge in [0, 0.05) is 5.56 Å². The van der Waals surface area contributed by atoms with Gasteiger partial charge in [0.05, 0.1) is 11.2 Å². The summed E-state index contributed by atoms with van der Waals surface area (Å²) in [7, 11) is 0. The van der Waals surface area contributed by atoms with Crippen molar-refractivity contribution in [3.05, 3.63) is 30.0 Å². The second kappa shape index (κ2) is 4.54. The zero-order valence-electron chi connectivity index (χ0n) is 9.02. The van der Waals surface area contributed by atoms with Crippen LogP contribution in [0.15, 0.2) is 33.0 Å². The van der Waals surface area contributed by atoms with Gasteiger partial charge in [0.2, 0.25) is 0 Å². The van der Waals surface area contributed by atoms with Crippen molar-refractivity contribution in [3.8, 4) is 0 Å². The Morgan fingerprint density at radius 2 is 2.19 bits per heavy atom. The molecule has 2 heterocycles. The Balaban J connectivity index is 2.32. The summed E-state index contributed by atoms with van der Waals surface area (Å²) in [6.45, 7) is 3.84. The van der Waals surface area contributed by atoms with Crippen LogP contribution in [0.1, 0.15) is 11.3 Å². The molecule has 0 saturated carbocycles. The summed E-state index contributed by atoms with van der Waals surface area (Å²) in [5, 5.41) is 0.868.